The first-order chi connectivity index (χ1) is 11.1. The zero-order valence-corrected chi connectivity index (χ0v) is 12.9. The molecule has 1 N–H and O–H groups in total. The highest BCUT2D eigenvalue weighted by Crippen LogP contribution is 2.27. The van der Waals surface area contributed by atoms with Gasteiger partial charge in [0.1, 0.15) is 5.75 Å². The van der Waals surface area contributed by atoms with Crippen molar-refractivity contribution in [1.29, 1.82) is 0 Å². The molecular formula is C14H13F3N4O3. The van der Waals surface area contributed by atoms with Gasteiger partial charge in [0.15, 0.2) is 0 Å². The van der Waals surface area contributed by atoms with Gasteiger partial charge in [-0.1, -0.05) is 0 Å². The first-order valence-corrected chi connectivity index (χ1v) is 6.66. The fourth-order valence-corrected chi connectivity index (χ4v) is 1.89. The van der Waals surface area contributed by atoms with Crippen molar-refractivity contribution in [2.75, 3.05) is 5.32 Å². The third-order valence-electron chi connectivity index (χ3n) is 2.82. The van der Waals surface area contributed by atoms with Gasteiger partial charge in [-0.25, -0.2) is 4.68 Å². The fraction of sp³-hybridized carbons (Fsp3) is 0.286. The van der Waals surface area contributed by atoms with Crippen LogP contribution in [0.1, 0.15) is 28.7 Å². The lowest BCUT2D eigenvalue weighted by Gasteiger charge is -2.07. The van der Waals surface area contributed by atoms with Crippen LogP contribution in [0, 0.1) is 6.92 Å². The number of alkyl halides is 3. The molecule has 0 unspecified atom stereocenters. The molecule has 1 amide bonds. The van der Waals surface area contributed by atoms with E-state index in [1.165, 1.54) is 26.1 Å². The lowest BCUT2D eigenvalue weighted by atomic mass is 10.1. The fourth-order valence-electron chi connectivity index (χ4n) is 1.89. The van der Waals surface area contributed by atoms with Crippen molar-refractivity contribution in [2.24, 2.45) is 7.05 Å². The third-order valence-corrected chi connectivity index (χ3v) is 2.82. The number of aryl methyl sites for hydroxylation is 2. The molecule has 1 aromatic carbocycles. The molecule has 0 saturated heterocycles. The maximum atomic E-state index is 12.6. The average molecular weight is 342 g/mol. The topological polar surface area (TPSA) is 86.1 Å². The number of nitrogens with zero attached hydrogens (tertiary/aromatic N) is 3. The number of carbonyl (C=O) groups excluding carboxylic acids is 2. The largest absolute Gasteiger partial charge is 0.453 e. The standard InChI is InChI=1S/C14H13F3N4O3/c1-7-4-9(6-10(5-7)24-8(2)22)11(23)18-13-19-12(14(15,16)17)20-21(13)3/h4-6H,1-3H3,(H,18,19,20,23). The van der Waals surface area contributed by atoms with Crippen LogP contribution in [0.2, 0.25) is 0 Å². The van der Waals surface area contributed by atoms with Gasteiger partial charge in [0.05, 0.1) is 0 Å². The first kappa shape index (κ1) is 17.4. The molecule has 2 rings (SSSR count). The lowest BCUT2D eigenvalue weighted by Crippen LogP contribution is -2.16. The summed E-state index contributed by atoms with van der Waals surface area (Å²) in [6.45, 7) is 2.88. The maximum Gasteiger partial charge on any atom is 0.453 e. The smallest absolute Gasteiger partial charge is 0.427 e. The third kappa shape index (κ3) is 4.09. The van der Waals surface area contributed by atoms with E-state index in [1.54, 1.807) is 13.0 Å². The normalized spacial score (nSPS) is 11.2. The van der Waals surface area contributed by atoms with Gasteiger partial charge in [-0.2, -0.15) is 18.2 Å². The molecule has 0 radical (unpaired) electrons. The molecule has 7 nitrogen and oxygen atoms in total. The molecule has 0 atom stereocenters. The number of nitrogens with one attached hydrogen (secondary N) is 1. The van der Waals surface area contributed by atoms with Crippen LogP contribution in [0.15, 0.2) is 18.2 Å². The van der Waals surface area contributed by atoms with E-state index >= 15 is 0 Å². The number of halogens is 3. The summed E-state index contributed by atoms with van der Waals surface area (Å²) in [5.41, 5.74) is 0.732. The molecular weight excluding hydrogens is 329 g/mol. The van der Waals surface area contributed by atoms with E-state index in [-0.39, 0.29) is 17.3 Å². The van der Waals surface area contributed by atoms with Gasteiger partial charge in [0, 0.05) is 19.5 Å². The molecule has 0 fully saturated rings. The van der Waals surface area contributed by atoms with Crippen molar-refractivity contribution in [3.05, 3.63) is 35.2 Å². The number of hydrogen-bond acceptors (Lipinski definition) is 5. The number of benzene rings is 1. The van der Waals surface area contributed by atoms with E-state index in [1.807, 2.05) is 0 Å². The Bertz CT molecular complexity index is 799. The van der Waals surface area contributed by atoms with Gasteiger partial charge >= 0.3 is 12.1 Å². The quantitative estimate of drug-likeness (QED) is 0.683. The van der Waals surface area contributed by atoms with E-state index in [9.17, 15) is 22.8 Å². The summed E-state index contributed by atoms with van der Waals surface area (Å²) in [6.07, 6.45) is -4.72. The van der Waals surface area contributed by atoms with Crippen LogP contribution in [-0.2, 0) is 18.0 Å². The monoisotopic (exact) mass is 342 g/mol. The van der Waals surface area contributed by atoms with Crippen molar-refractivity contribution in [1.82, 2.24) is 14.8 Å². The van der Waals surface area contributed by atoms with Gasteiger partial charge < -0.3 is 4.74 Å². The van der Waals surface area contributed by atoms with Gasteiger partial charge in [-0.05, 0) is 30.7 Å². The van der Waals surface area contributed by atoms with E-state index < -0.39 is 23.9 Å². The maximum absolute atomic E-state index is 12.6. The summed E-state index contributed by atoms with van der Waals surface area (Å²) >= 11 is 0. The Kier molecular flexibility index (Phi) is 4.58. The summed E-state index contributed by atoms with van der Waals surface area (Å²) in [4.78, 5) is 26.4. The van der Waals surface area contributed by atoms with E-state index in [0.717, 1.165) is 4.68 Å². The minimum atomic E-state index is -4.72. The highest BCUT2D eigenvalue weighted by molar-refractivity contribution is 6.03. The van der Waals surface area contributed by atoms with Crippen molar-refractivity contribution in [3.8, 4) is 5.75 Å². The zero-order valence-electron chi connectivity index (χ0n) is 12.9. The highest BCUT2D eigenvalue weighted by atomic mass is 19.4. The van der Waals surface area contributed by atoms with Crippen molar-refractivity contribution < 1.29 is 27.5 Å². The first-order valence-electron chi connectivity index (χ1n) is 6.66. The molecule has 2 aromatic rings. The second-order valence-electron chi connectivity index (χ2n) is 4.96. The van der Waals surface area contributed by atoms with Crippen molar-refractivity contribution in [2.45, 2.75) is 20.0 Å². The van der Waals surface area contributed by atoms with Crippen LogP contribution < -0.4 is 10.1 Å². The van der Waals surface area contributed by atoms with E-state index in [4.69, 9.17) is 4.74 Å². The molecule has 128 valence electrons. The second-order valence-corrected chi connectivity index (χ2v) is 4.96. The Balaban J connectivity index is 2.26. The van der Waals surface area contributed by atoms with Crippen LogP contribution in [0.3, 0.4) is 0 Å². The lowest BCUT2D eigenvalue weighted by molar-refractivity contribution is -0.145. The van der Waals surface area contributed by atoms with Crippen molar-refractivity contribution in [3.63, 3.8) is 0 Å². The summed E-state index contributed by atoms with van der Waals surface area (Å²) in [5, 5.41) is 5.44. The summed E-state index contributed by atoms with van der Waals surface area (Å²) in [5.74, 6) is -2.83. The Morgan fingerprint density at radius 3 is 2.46 bits per heavy atom. The number of anilines is 1. The number of amides is 1. The minimum Gasteiger partial charge on any atom is -0.427 e. The van der Waals surface area contributed by atoms with Gasteiger partial charge in [0.2, 0.25) is 5.95 Å². The van der Waals surface area contributed by atoms with Crippen LogP contribution >= 0.6 is 0 Å². The van der Waals surface area contributed by atoms with Crippen LogP contribution in [0.25, 0.3) is 0 Å². The summed E-state index contributed by atoms with van der Waals surface area (Å²) in [6, 6.07) is 4.33. The Morgan fingerprint density at radius 1 is 1.25 bits per heavy atom. The molecule has 0 aliphatic heterocycles. The summed E-state index contributed by atoms with van der Waals surface area (Å²) < 4.78 is 43.4. The van der Waals surface area contributed by atoms with E-state index in [0.29, 0.717) is 5.56 Å². The second kappa shape index (κ2) is 6.30. The number of ether oxygens (including phenoxy) is 1. The Morgan fingerprint density at radius 2 is 1.92 bits per heavy atom. The minimum absolute atomic E-state index is 0.0998. The summed E-state index contributed by atoms with van der Waals surface area (Å²) in [7, 11) is 1.22. The van der Waals surface area contributed by atoms with Crippen LogP contribution in [-0.4, -0.2) is 26.6 Å². The predicted molar refractivity (Wildman–Crippen MR) is 76.4 cm³/mol. The number of aromatic nitrogens is 3. The predicted octanol–water partition coefficient (Wildman–Crippen LogP) is 2.32. The molecule has 0 aliphatic rings. The SMILES string of the molecule is CC(=O)Oc1cc(C)cc(C(=O)Nc2nc(C(F)(F)F)nn2C)c1. The van der Waals surface area contributed by atoms with Crippen LogP contribution in [0.4, 0.5) is 19.1 Å². The van der Waals surface area contributed by atoms with E-state index in [2.05, 4.69) is 15.4 Å². The highest BCUT2D eigenvalue weighted by Gasteiger charge is 2.37. The molecule has 1 heterocycles. The molecule has 0 aliphatic carbocycles. The molecule has 1 aromatic heterocycles. The Hall–Kier alpha value is -2.91. The molecule has 10 heteroatoms. The van der Waals surface area contributed by atoms with Gasteiger partial charge in [0.25, 0.3) is 11.7 Å². The number of esters is 1. The average Bonchev–Trinajstić information content (AvgIpc) is 2.78. The number of carbonyl (C=O) groups is 2. The van der Waals surface area contributed by atoms with Crippen LogP contribution in [0.5, 0.6) is 5.75 Å². The molecule has 24 heavy (non-hydrogen) atoms. The molecule has 0 bridgehead atoms. The molecule has 0 spiro atoms. The molecule has 0 saturated carbocycles. The van der Waals surface area contributed by atoms with Crippen molar-refractivity contribution >= 4 is 17.8 Å². The van der Waals surface area contributed by atoms with Gasteiger partial charge in [-0.15, -0.1) is 5.10 Å². The number of rotatable bonds is 3. The Labute approximate surface area is 134 Å². The zero-order chi connectivity index (χ0) is 18.1. The van der Waals surface area contributed by atoms with Gasteiger partial charge in [-0.3, -0.25) is 14.9 Å². The number of hydrogen-bond donors (Lipinski definition) is 1.